The molecule has 9 atom stereocenters. The molecule has 85 heavy (non-hydrogen) atoms. The zero-order valence-corrected chi connectivity index (χ0v) is 47.1. The molecule has 3 unspecified atom stereocenters. The van der Waals surface area contributed by atoms with Crippen LogP contribution in [0.2, 0.25) is 0 Å². The molecule has 26 heteroatoms. The molecule has 3 fully saturated rings. The summed E-state index contributed by atoms with van der Waals surface area (Å²) in [4.78, 5) is 51.9. The summed E-state index contributed by atoms with van der Waals surface area (Å²) in [6, 6.07) is 13.9. The topological polar surface area (TPSA) is 224 Å². The lowest BCUT2D eigenvalue weighted by Gasteiger charge is -2.38. The maximum absolute atomic E-state index is 13.3. The first-order valence-corrected chi connectivity index (χ1v) is 27.5. The number of fused-ring (bicyclic) bond motifs is 3. The normalized spacial score (nSPS) is 21.4. The van der Waals surface area contributed by atoms with Crippen molar-refractivity contribution in [2.75, 3.05) is 54.0 Å². The van der Waals surface area contributed by atoms with Crippen LogP contribution in [0.15, 0.2) is 91.4 Å². The monoisotopic (exact) mass is 1210 g/mol. The van der Waals surface area contributed by atoms with Gasteiger partial charge in [-0.25, -0.2) is 26.3 Å². The van der Waals surface area contributed by atoms with Gasteiger partial charge in [0.1, 0.15) is 6.04 Å². The second kappa shape index (κ2) is 29.0. The Morgan fingerprint density at radius 3 is 1.08 bits per heavy atom. The number of alkyl halides is 12. The second-order valence-corrected chi connectivity index (χ2v) is 22.4. The third-order valence-corrected chi connectivity index (χ3v) is 15.0. The molecule has 6 aromatic rings. The van der Waals surface area contributed by atoms with E-state index in [1.54, 1.807) is 54.7 Å². The Morgan fingerprint density at radius 1 is 0.518 bits per heavy atom. The number of carboxylic acids is 1. The van der Waals surface area contributed by atoms with Crippen molar-refractivity contribution in [2.24, 2.45) is 52.5 Å². The highest BCUT2D eigenvalue weighted by Gasteiger charge is 2.44. The highest BCUT2D eigenvalue weighted by Crippen LogP contribution is 2.40. The van der Waals surface area contributed by atoms with E-state index in [0.717, 1.165) is 30.6 Å². The number of benzene rings is 3. The summed E-state index contributed by atoms with van der Waals surface area (Å²) in [6.07, 6.45) is -11.3. The Bertz CT molecular complexity index is 3070. The minimum Gasteiger partial charge on any atom is -0.480 e. The molecule has 0 bridgehead atoms. The number of carbonyl (C=O) groups excluding carboxylic acids is 2. The van der Waals surface area contributed by atoms with Gasteiger partial charge in [-0.2, -0.15) is 26.3 Å². The molecule has 9 N–H and O–H groups in total. The zero-order chi connectivity index (χ0) is 62.8. The van der Waals surface area contributed by atoms with E-state index in [0.29, 0.717) is 72.6 Å². The molecule has 6 heterocycles. The lowest BCUT2D eigenvalue weighted by atomic mass is 9.85. The minimum absolute atomic E-state index is 0.0105. The predicted molar refractivity (Wildman–Crippen MR) is 302 cm³/mol. The van der Waals surface area contributed by atoms with E-state index in [2.05, 4.69) is 26.8 Å². The summed E-state index contributed by atoms with van der Waals surface area (Å²) >= 11 is 0. The van der Waals surface area contributed by atoms with Crippen LogP contribution in [0.5, 0.6) is 0 Å². The van der Waals surface area contributed by atoms with Crippen LogP contribution in [0.25, 0.3) is 32.7 Å². The fourth-order valence-corrected chi connectivity index (χ4v) is 11.3. The Balaban J connectivity index is 0.000000197. The fourth-order valence-electron chi connectivity index (χ4n) is 11.3. The first kappa shape index (κ1) is 67.2. The Hall–Kier alpha value is -6.90. The number of rotatable bonds is 13. The van der Waals surface area contributed by atoms with Gasteiger partial charge in [0.15, 0.2) is 23.7 Å². The minimum atomic E-state index is -4.76. The van der Waals surface area contributed by atoms with Gasteiger partial charge in [0.2, 0.25) is 0 Å². The molecule has 3 aromatic heterocycles. The number of carboxylic acid groups (broad SMARTS) is 1. The molecule has 3 aliphatic rings. The maximum atomic E-state index is 13.3. The van der Waals surface area contributed by atoms with Crippen molar-refractivity contribution in [3.05, 3.63) is 108 Å². The summed E-state index contributed by atoms with van der Waals surface area (Å²) in [5.41, 5.74) is 23.8. The van der Waals surface area contributed by atoms with Crippen LogP contribution in [0.4, 0.5) is 69.7 Å². The van der Waals surface area contributed by atoms with Gasteiger partial charge in [-0.1, -0.05) is 20.8 Å². The first-order valence-electron chi connectivity index (χ1n) is 27.5. The molecule has 3 saturated heterocycles. The molecular weight excluding hydrogens is 1140 g/mol. The molecule has 464 valence electrons. The standard InChI is InChI=1S/2C20H22F5N3O.C16H19F2N3.C3H7NO2/c2*1-11-7-12(8-16(29)18(26)20(23,24)25)10-28(9-11)15-5-4-14(19(21)22)17-13(15)3-2-6-27-17;1-10-7-11(19)9-21(8-10)14-5-4-13(16(17)18)15-12(14)3-2-6-20-15;1-2(4)3(5)6/h2*2-6,11-12,18-19H,7-10,26H2,1H3;2-6,10-11,16H,7-9,19H2,1H3;2H,4H2,1H3,(H,5,6)/t2*11-,12-,18?;10-,11+;/m001./s1. The van der Waals surface area contributed by atoms with Crippen molar-refractivity contribution in [3.63, 3.8) is 0 Å². The molecule has 0 saturated carbocycles. The van der Waals surface area contributed by atoms with Gasteiger partial charge < -0.3 is 42.7 Å². The molecule has 0 radical (unpaired) electrons. The number of aromatic nitrogens is 3. The lowest BCUT2D eigenvalue weighted by molar-refractivity contribution is -0.163. The molecule has 0 amide bonds. The van der Waals surface area contributed by atoms with Crippen LogP contribution in [0.1, 0.15) is 95.8 Å². The predicted octanol–water partition coefficient (Wildman–Crippen LogP) is 11.7. The molecule has 0 aliphatic carbocycles. The van der Waals surface area contributed by atoms with Gasteiger partial charge >= 0.3 is 18.3 Å². The number of Topliss-reactive ketones (excluding diaryl/α,β-unsaturated/α-hetero) is 2. The van der Waals surface area contributed by atoms with Gasteiger partial charge in [-0.15, -0.1) is 0 Å². The molecule has 3 aliphatic heterocycles. The van der Waals surface area contributed by atoms with Crippen LogP contribution in [0, 0.1) is 29.6 Å². The lowest BCUT2D eigenvalue weighted by Crippen LogP contribution is -2.47. The number of hydrogen-bond acceptors (Lipinski definition) is 13. The van der Waals surface area contributed by atoms with E-state index in [1.807, 2.05) is 29.7 Å². The smallest absolute Gasteiger partial charge is 0.410 e. The number of nitrogens with two attached hydrogens (primary N) is 4. The van der Waals surface area contributed by atoms with E-state index in [1.165, 1.54) is 37.5 Å². The van der Waals surface area contributed by atoms with E-state index in [9.17, 15) is 67.1 Å². The number of carbonyl (C=O) groups is 3. The Kier molecular flexibility index (Phi) is 22.9. The van der Waals surface area contributed by atoms with E-state index < -0.39 is 67.3 Å². The van der Waals surface area contributed by atoms with Crippen LogP contribution in [0.3, 0.4) is 0 Å². The third-order valence-electron chi connectivity index (χ3n) is 15.0. The number of pyridine rings is 3. The summed E-state index contributed by atoms with van der Waals surface area (Å²) in [7, 11) is 0. The van der Waals surface area contributed by atoms with Gasteiger partial charge in [-0.3, -0.25) is 29.3 Å². The number of anilines is 3. The van der Waals surface area contributed by atoms with Crippen LogP contribution < -0.4 is 37.6 Å². The highest BCUT2D eigenvalue weighted by molar-refractivity contribution is 5.96. The second-order valence-electron chi connectivity index (χ2n) is 22.4. The van der Waals surface area contributed by atoms with Crippen LogP contribution >= 0.6 is 0 Å². The van der Waals surface area contributed by atoms with E-state index >= 15 is 0 Å². The molecule has 9 rings (SSSR count). The van der Waals surface area contributed by atoms with E-state index in [4.69, 9.17) is 28.0 Å². The number of ketones is 2. The maximum Gasteiger partial charge on any atom is 0.410 e. The zero-order valence-electron chi connectivity index (χ0n) is 47.1. The summed E-state index contributed by atoms with van der Waals surface area (Å²) in [5.74, 6) is -2.91. The summed E-state index contributed by atoms with van der Waals surface area (Å²) in [5, 5.41) is 9.74. The van der Waals surface area contributed by atoms with Gasteiger partial charge in [0.25, 0.3) is 19.3 Å². The van der Waals surface area contributed by atoms with Crippen molar-refractivity contribution < 1.29 is 72.2 Å². The van der Waals surface area contributed by atoms with E-state index in [-0.39, 0.29) is 70.3 Å². The van der Waals surface area contributed by atoms with Gasteiger partial charge in [0, 0.05) is 127 Å². The van der Waals surface area contributed by atoms with Crippen molar-refractivity contribution >= 4 is 67.3 Å². The van der Waals surface area contributed by atoms with Crippen molar-refractivity contribution in [3.8, 4) is 0 Å². The SMILES string of the molecule is CC(N)C(=O)O.C[C@@H]1C[C@H](N)CN(c2ccc(C(F)F)c3ncccc23)C1.C[C@H]1C[C@@H](CC(=O)C(N)C(F)(F)F)CN(c2ccc(C(F)F)c3ncccc23)C1.C[C@H]1C[C@@H](CC(=O)C(N)C(F)(F)F)CN(c2ccc(C(F)F)c3ncccc23)C1. The molecule has 14 nitrogen and oxygen atoms in total. The average Bonchev–Trinajstić information content (AvgIpc) is 3.59. The number of hydrogen-bond donors (Lipinski definition) is 5. The number of aliphatic carboxylic acids is 1. The fraction of sp³-hybridized carbons (Fsp3) is 0.492. The molecular formula is C59H70F12N10O4. The summed E-state index contributed by atoms with van der Waals surface area (Å²) < 4.78 is 156. The largest absolute Gasteiger partial charge is 0.480 e. The quantitative estimate of drug-likeness (QED) is 0.0679. The Morgan fingerprint density at radius 2 is 0.812 bits per heavy atom. The molecule has 3 aromatic carbocycles. The number of piperidine rings is 3. The number of nitrogens with zero attached hydrogens (tertiary/aromatic N) is 6. The first-order chi connectivity index (χ1) is 39.9. The van der Waals surface area contributed by atoms with Crippen molar-refractivity contribution in [1.29, 1.82) is 0 Å². The van der Waals surface area contributed by atoms with Crippen molar-refractivity contribution in [2.45, 2.75) is 116 Å². The van der Waals surface area contributed by atoms with Crippen LogP contribution in [-0.4, -0.2) is 113 Å². The third kappa shape index (κ3) is 17.6. The Labute approximate surface area is 483 Å². The van der Waals surface area contributed by atoms with Crippen LogP contribution in [-0.2, 0) is 14.4 Å². The summed E-state index contributed by atoms with van der Waals surface area (Å²) in [6.45, 7) is 11.0. The van der Waals surface area contributed by atoms with Crippen molar-refractivity contribution in [1.82, 2.24) is 15.0 Å². The average molecular weight is 1210 g/mol. The highest BCUT2D eigenvalue weighted by atomic mass is 19.4. The van der Waals surface area contributed by atoms with Gasteiger partial charge in [0.05, 0.1) is 16.6 Å². The van der Waals surface area contributed by atoms with Gasteiger partial charge in [-0.05, 0) is 129 Å². The molecule has 0 spiro atoms. The number of halogens is 12.